The SMILES string of the molecule is Cc1ccc(N2C(=O)[C@H](N3C(=O)c4ccccc4C3=O)[C@H]2c2cc3c(cc2Br)OCO3)cc1. The first kappa shape index (κ1) is 20.0. The van der Waals surface area contributed by atoms with Gasteiger partial charge < -0.3 is 14.4 Å². The molecule has 3 aliphatic heterocycles. The number of anilines is 1. The molecule has 2 atom stereocenters. The van der Waals surface area contributed by atoms with Gasteiger partial charge in [-0.05, 0) is 48.9 Å². The van der Waals surface area contributed by atoms with E-state index < -0.39 is 23.9 Å². The van der Waals surface area contributed by atoms with E-state index in [1.165, 1.54) is 0 Å². The maximum atomic E-state index is 13.5. The molecule has 0 spiro atoms. The smallest absolute Gasteiger partial charge is 0.262 e. The number of β-lactam (4-membered cyclic amide) rings is 1. The molecule has 3 amide bonds. The number of hydrogen-bond acceptors (Lipinski definition) is 5. The quantitative estimate of drug-likeness (QED) is 0.393. The first-order valence-electron chi connectivity index (χ1n) is 10.4. The molecule has 3 aromatic rings. The highest BCUT2D eigenvalue weighted by Gasteiger charge is 2.57. The van der Waals surface area contributed by atoms with Crippen molar-refractivity contribution in [3.05, 3.63) is 87.4 Å². The number of hydrogen-bond donors (Lipinski definition) is 0. The van der Waals surface area contributed by atoms with Crippen molar-refractivity contribution in [3.8, 4) is 11.5 Å². The summed E-state index contributed by atoms with van der Waals surface area (Å²) >= 11 is 3.59. The summed E-state index contributed by atoms with van der Waals surface area (Å²) in [5, 5.41) is 0. The Balaban J connectivity index is 1.48. The van der Waals surface area contributed by atoms with E-state index in [4.69, 9.17) is 9.47 Å². The second kappa shape index (κ2) is 7.18. The summed E-state index contributed by atoms with van der Waals surface area (Å²) in [7, 11) is 0. The Hall–Kier alpha value is -3.65. The predicted molar refractivity (Wildman–Crippen MR) is 122 cm³/mol. The van der Waals surface area contributed by atoms with E-state index in [1.54, 1.807) is 41.3 Å². The summed E-state index contributed by atoms with van der Waals surface area (Å²) in [4.78, 5) is 42.6. The zero-order valence-corrected chi connectivity index (χ0v) is 19.0. The summed E-state index contributed by atoms with van der Waals surface area (Å²) in [5.41, 5.74) is 3.10. The number of ether oxygens (including phenoxy) is 2. The van der Waals surface area contributed by atoms with Gasteiger partial charge in [0.1, 0.15) is 6.04 Å². The summed E-state index contributed by atoms with van der Waals surface area (Å²) in [6.45, 7) is 2.08. The molecule has 0 radical (unpaired) electrons. The summed E-state index contributed by atoms with van der Waals surface area (Å²) in [6, 6.07) is 16.2. The maximum absolute atomic E-state index is 13.5. The van der Waals surface area contributed by atoms with Crippen LogP contribution in [-0.2, 0) is 4.79 Å². The Morgan fingerprint density at radius 2 is 1.42 bits per heavy atom. The number of carbonyl (C=O) groups is 3. The van der Waals surface area contributed by atoms with Crippen LogP contribution in [0.25, 0.3) is 0 Å². The number of nitrogens with zero attached hydrogens (tertiary/aromatic N) is 2. The standard InChI is InChI=1S/C25H17BrN2O5/c1-13-6-8-14(9-7-13)27-21(17-10-19-20(11-18(17)26)33-12-32-19)22(25(27)31)28-23(29)15-4-2-3-5-16(15)24(28)30/h2-11,21-22H,12H2,1H3/t21-,22-/m1/s1. The van der Waals surface area contributed by atoms with Crippen LogP contribution in [0.15, 0.2) is 65.1 Å². The lowest BCUT2D eigenvalue weighted by molar-refractivity contribution is -0.130. The summed E-state index contributed by atoms with van der Waals surface area (Å²) < 4.78 is 11.7. The van der Waals surface area contributed by atoms with Gasteiger partial charge in [-0.3, -0.25) is 19.3 Å². The van der Waals surface area contributed by atoms with Crippen LogP contribution in [0.4, 0.5) is 5.69 Å². The molecule has 0 aromatic heterocycles. The fourth-order valence-corrected chi connectivity index (χ4v) is 5.20. The van der Waals surface area contributed by atoms with Crippen molar-refractivity contribution in [2.24, 2.45) is 0 Å². The van der Waals surface area contributed by atoms with Gasteiger partial charge in [0.05, 0.1) is 17.2 Å². The van der Waals surface area contributed by atoms with Crippen molar-refractivity contribution in [2.45, 2.75) is 19.0 Å². The van der Waals surface area contributed by atoms with Crippen LogP contribution < -0.4 is 14.4 Å². The number of aryl methyl sites for hydroxylation is 1. The number of halogens is 1. The van der Waals surface area contributed by atoms with Crippen molar-refractivity contribution in [2.75, 3.05) is 11.7 Å². The molecule has 3 aromatic carbocycles. The predicted octanol–water partition coefficient (Wildman–Crippen LogP) is 4.24. The molecule has 3 heterocycles. The number of carbonyl (C=O) groups excluding carboxylic acids is 3. The molecule has 6 rings (SSSR count). The number of fused-ring (bicyclic) bond motifs is 2. The van der Waals surface area contributed by atoms with Crippen LogP contribution in [0.2, 0.25) is 0 Å². The third-order valence-electron chi connectivity index (χ3n) is 6.29. The third-order valence-corrected chi connectivity index (χ3v) is 6.98. The molecule has 1 fully saturated rings. The normalized spacial score (nSPS) is 20.8. The summed E-state index contributed by atoms with van der Waals surface area (Å²) in [6.07, 6.45) is 0. The zero-order chi connectivity index (χ0) is 22.9. The average Bonchev–Trinajstić information content (AvgIpc) is 3.36. The lowest BCUT2D eigenvalue weighted by Crippen LogP contribution is -2.67. The molecule has 8 heteroatoms. The highest BCUT2D eigenvalue weighted by molar-refractivity contribution is 9.10. The van der Waals surface area contributed by atoms with E-state index in [0.29, 0.717) is 32.8 Å². The Morgan fingerprint density at radius 3 is 2.06 bits per heavy atom. The fraction of sp³-hybridized carbons (Fsp3) is 0.160. The molecule has 0 saturated carbocycles. The van der Waals surface area contributed by atoms with E-state index in [2.05, 4.69) is 15.9 Å². The van der Waals surface area contributed by atoms with E-state index in [0.717, 1.165) is 16.0 Å². The van der Waals surface area contributed by atoms with Crippen molar-refractivity contribution >= 4 is 39.3 Å². The molecule has 33 heavy (non-hydrogen) atoms. The lowest BCUT2D eigenvalue weighted by Gasteiger charge is -2.50. The van der Waals surface area contributed by atoms with Crippen molar-refractivity contribution in [3.63, 3.8) is 0 Å². The molecule has 3 aliphatic rings. The molecular weight excluding hydrogens is 488 g/mol. The molecule has 1 saturated heterocycles. The van der Waals surface area contributed by atoms with Crippen LogP contribution in [0.5, 0.6) is 11.5 Å². The van der Waals surface area contributed by atoms with Gasteiger partial charge >= 0.3 is 0 Å². The van der Waals surface area contributed by atoms with Crippen LogP contribution in [0.3, 0.4) is 0 Å². The topological polar surface area (TPSA) is 76.2 Å². The lowest BCUT2D eigenvalue weighted by atomic mass is 9.86. The van der Waals surface area contributed by atoms with E-state index in [-0.39, 0.29) is 12.7 Å². The Labute approximate surface area is 197 Å². The number of benzene rings is 3. The molecule has 7 nitrogen and oxygen atoms in total. The van der Waals surface area contributed by atoms with Gasteiger partial charge in [0, 0.05) is 10.2 Å². The van der Waals surface area contributed by atoms with Crippen molar-refractivity contribution in [1.29, 1.82) is 0 Å². The molecule has 0 bridgehead atoms. The monoisotopic (exact) mass is 504 g/mol. The molecule has 0 N–H and O–H groups in total. The van der Waals surface area contributed by atoms with Gasteiger partial charge in [0.2, 0.25) is 6.79 Å². The van der Waals surface area contributed by atoms with Crippen LogP contribution in [-0.4, -0.2) is 35.5 Å². The third kappa shape index (κ3) is 2.83. The molecule has 164 valence electrons. The Morgan fingerprint density at radius 1 is 0.818 bits per heavy atom. The minimum Gasteiger partial charge on any atom is -0.454 e. The molecule has 0 aliphatic carbocycles. The van der Waals surface area contributed by atoms with Gasteiger partial charge in [-0.25, -0.2) is 0 Å². The van der Waals surface area contributed by atoms with Crippen molar-refractivity contribution in [1.82, 2.24) is 4.90 Å². The Bertz CT molecular complexity index is 1320. The summed E-state index contributed by atoms with van der Waals surface area (Å²) in [5.74, 6) is -0.0883. The second-order valence-corrected chi connectivity index (χ2v) is 9.04. The highest BCUT2D eigenvalue weighted by Crippen LogP contribution is 2.49. The minimum atomic E-state index is -0.977. The van der Waals surface area contributed by atoms with Gasteiger partial charge in [0.15, 0.2) is 11.5 Å². The maximum Gasteiger partial charge on any atom is 0.262 e. The van der Waals surface area contributed by atoms with Gasteiger partial charge in [-0.2, -0.15) is 0 Å². The minimum absolute atomic E-state index is 0.109. The van der Waals surface area contributed by atoms with E-state index >= 15 is 0 Å². The molecular formula is C25H17BrN2O5. The van der Waals surface area contributed by atoms with Gasteiger partial charge in [0.25, 0.3) is 17.7 Å². The fourth-order valence-electron chi connectivity index (χ4n) is 4.65. The molecule has 0 unspecified atom stereocenters. The average molecular weight is 505 g/mol. The number of rotatable bonds is 3. The van der Waals surface area contributed by atoms with E-state index in [9.17, 15) is 14.4 Å². The van der Waals surface area contributed by atoms with Crippen molar-refractivity contribution < 1.29 is 23.9 Å². The number of imide groups is 1. The Kier molecular flexibility index (Phi) is 4.35. The van der Waals surface area contributed by atoms with Crippen LogP contribution >= 0.6 is 15.9 Å². The highest BCUT2D eigenvalue weighted by atomic mass is 79.9. The van der Waals surface area contributed by atoms with E-state index in [1.807, 2.05) is 31.2 Å². The first-order chi connectivity index (χ1) is 16.0. The van der Waals surface area contributed by atoms with Gasteiger partial charge in [-0.15, -0.1) is 0 Å². The first-order valence-corrected chi connectivity index (χ1v) is 11.2. The largest absolute Gasteiger partial charge is 0.454 e. The second-order valence-electron chi connectivity index (χ2n) is 8.19. The van der Waals surface area contributed by atoms with Crippen LogP contribution in [0, 0.1) is 6.92 Å². The number of amides is 3. The van der Waals surface area contributed by atoms with Crippen LogP contribution in [0.1, 0.15) is 37.9 Å². The zero-order valence-electron chi connectivity index (χ0n) is 17.4. The van der Waals surface area contributed by atoms with Gasteiger partial charge in [-0.1, -0.05) is 45.8 Å².